The quantitative estimate of drug-likeness (QED) is 0.891. The Bertz CT molecular complexity index is 697. The lowest BCUT2D eigenvalue weighted by molar-refractivity contribution is 0.155. The third-order valence-corrected chi connectivity index (χ3v) is 5.30. The van der Waals surface area contributed by atoms with Gasteiger partial charge in [-0.2, -0.15) is 0 Å². The number of likely N-dealkylation sites (tertiary alicyclic amines) is 1. The van der Waals surface area contributed by atoms with Crippen LogP contribution in [0.5, 0.6) is 0 Å². The fraction of sp³-hybridized carbons (Fsp3) is 0.529. The van der Waals surface area contributed by atoms with Crippen molar-refractivity contribution >= 4 is 17.4 Å². The number of carbonyl (C=O) groups is 1. The van der Waals surface area contributed by atoms with E-state index in [1.54, 1.807) is 18.4 Å². The Hall–Kier alpha value is -1.86. The number of thiazole rings is 1. The van der Waals surface area contributed by atoms with Crippen molar-refractivity contribution in [1.29, 1.82) is 0 Å². The molecule has 7 heteroatoms. The number of carbonyl (C=O) groups excluding carboxylic acids is 1. The van der Waals surface area contributed by atoms with Crippen LogP contribution in [0.15, 0.2) is 21.9 Å². The van der Waals surface area contributed by atoms with Crippen LogP contribution < -0.4 is 5.32 Å². The van der Waals surface area contributed by atoms with Gasteiger partial charge in [0.2, 0.25) is 0 Å². The molecule has 1 N–H and O–H groups in total. The van der Waals surface area contributed by atoms with Gasteiger partial charge in [-0.05, 0) is 38.8 Å². The first kappa shape index (κ1) is 17.0. The van der Waals surface area contributed by atoms with Gasteiger partial charge in [0.25, 0.3) is 0 Å². The van der Waals surface area contributed by atoms with Crippen LogP contribution >= 0.6 is 11.3 Å². The van der Waals surface area contributed by atoms with Gasteiger partial charge < -0.3 is 19.4 Å². The number of hydrogen-bond acceptors (Lipinski definition) is 5. The third kappa shape index (κ3) is 3.62. The fourth-order valence-electron chi connectivity index (χ4n) is 3.00. The summed E-state index contributed by atoms with van der Waals surface area (Å²) in [6.07, 6.45) is 1.89. The summed E-state index contributed by atoms with van der Waals surface area (Å²) >= 11 is 1.57. The standard InChI is InChI=1S/C17H23N3O3S/c1-11-10-24-16(18-11)12(2)19-17(21)20-8-4-5-14(20)15-7-6-13(23-15)9-22-3/h6-7,10,12,14H,4-5,8-9H2,1-3H3,(H,19,21)/t12-,14+/m0/s1. The number of rotatable bonds is 5. The van der Waals surface area contributed by atoms with Crippen LogP contribution in [0.3, 0.4) is 0 Å². The van der Waals surface area contributed by atoms with Gasteiger partial charge in [-0.1, -0.05) is 0 Å². The zero-order valence-corrected chi connectivity index (χ0v) is 15.1. The van der Waals surface area contributed by atoms with Gasteiger partial charge in [0.1, 0.15) is 23.1 Å². The summed E-state index contributed by atoms with van der Waals surface area (Å²) < 4.78 is 10.9. The maximum absolute atomic E-state index is 12.7. The highest BCUT2D eigenvalue weighted by Gasteiger charge is 2.33. The molecule has 0 bridgehead atoms. The lowest BCUT2D eigenvalue weighted by Gasteiger charge is -2.25. The predicted octanol–water partition coefficient (Wildman–Crippen LogP) is 3.80. The molecule has 24 heavy (non-hydrogen) atoms. The highest BCUT2D eigenvalue weighted by Crippen LogP contribution is 2.33. The summed E-state index contributed by atoms with van der Waals surface area (Å²) in [5, 5.41) is 5.98. The highest BCUT2D eigenvalue weighted by atomic mass is 32.1. The first-order valence-corrected chi connectivity index (χ1v) is 9.03. The molecule has 2 atom stereocenters. The molecule has 0 aromatic carbocycles. The van der Waals surface area contributed by atoms with Crippen molar-refractivity contribution < 1.29 is 13.9 Å². The summed E-state index contributed by atoms with van der Waals surface area (Å²) in [6, 6.07) is 3.67. The minimum Gasteiger partial charge on any atom is -0.461 e. The van der Waals surface area contributed by atoms with E-state index in [0.29, 0.717) is 6.61 Å². The molecule has 2 amide bonds. The molecule has 1 saturated heterocycles. The largest absolute Gasteiger partial charge is 0.461 e. The average molecular weight is 349 g/mol. The number of nitrogens with one attached hydrogen (secondary N) is 1. The molecular formula is C17H23N3O3S. The molecule has 0 spiro atoms. The zero-order valence-electron chi connectivity index (χ0n) is 14.2. The molecule has 2 aromatic rings. The predicted molar refractivity (Wildman–Crippen MR) is 91.9 cm³/mol. The van der Waals surface area contributed by atoms with E-state index >= 15 is 0 Å². The summed E-state index contributed by atoms with van der Waals surface area (Å²) in [7, 11) is 1.64. The topological polar surface area (TPSA) is 67.6 Å². The van der Waals surface area contributed by atoms with Gasteiger partial charge in [-0.3, -0.25) is 0 Å². The lowest BCUT2D eigenvalue weighted by Crippen LogP contribution is -2.40. The van der Waals surface area contributed by atoms with E-state index < -0.39 is 0 Å². The number of ether oxygens (including phenoxy) is 1. The molecule has 1 aliphatic rings. The second kappa shape index (κ2) is 7.36. The number of aromatic nitrogens is 1. The molecule has 6 nitrogen and oxygen atoms in total. The van der Waals surface area contributed by atoms with Gasteiger partial charge in [0.15, 0.2) is 0 Å². The lowest BCUT2D eigenvalue weighted by atomic mass is 10.2. The molecule has 3 heterocycles. The monoisotopic (exact) mass is 349 g/mol. The van der Waals surface area contributed by atoms with Gasteiger partial charge in [0, 0.05) is 24.7 Å². The zero-order chi connectivity index (χ0) is 17.1. The van der Waals surface area contributed by atoms with Crippen molar-refractivity contribution in [2.75, 3.05) is 13.7 Å². The number of hydrogen-bond donors (Lipinski definition) is 1. The minimum absolute atomic E-state index is 0.0131. The van der Waals surface area contributed by atoms with Crippen molar-refractivity contribution in [2.45, 2.75) is 45.4 Å². The van der Waals surface area contributed by atoms with Crippen LogP contribution in [0, 0.1) is 6.92 Å². The van der Waals surface area contributed by atoms with Crippen LogP contribution in [-0.2, 0) is 11.3 Å². The Balaban J connectivity index is 1.66. The Kier molecular flexibility index (Phi) is 5.20. The first-order chi connectivity index (χ1) is 11.6. The van der Waals surface area contributed by atoms with E-state index in [1.165, 1.54) is 0 Å². The smallest absolute Gasteiger partial charge is 0.318 e. The molecule has 0 saturated carbocycles. The molecule has 0 aliphatic carbocycles. The summed E-state index contributed by atoms with van der Waals surface area (Å²) in [5.74, 6) is 1.61. The van der Waals surface area contributed by atoms with Crippen LogP contribution in [-0.4, -0.2) is 29.6 Å². The number of aryl methyl sites for hydroxylation is 1. The van der Waals surface area contributed by atoms with Crippen molar-refractivity contribution in [1.82, 2.24) is 15.2 Å². The normalized spacial score (nSPS) is 18.8. The molecule has 130 valence electrons. The van der Waals surface area contributed by atoms with Crippen LogP contribution in [0.4, 0.5) is 4.79 Å². The molecule has 0 radical (unpaired) electrons. The van der Waals surface area contributed by atoms with Gasteiger partial charge in [0.05, 0.1) is 12.1 Å². The summed E-state index contributed by atoms with van der Waals surface area (Å²) in [5.41, 5.74) is 0.983. The van der Waals surface area contributed by atoms with Crippen molar-refractivity contribution in [3.8, 4) is 0 Å². The molecule has 2 aromatic heterocycles. The maximum Gasteiger partial charge on any atom is 0.318 e. The van der Waals surface area contributed by atoms with E-state index in [0.717, 1.165) is 41.6 Å². The molecule has 1 fully saturated rings. The van der Waals surface area contributed by atoms with E-state index in [1.807, 2.05) is 36.3 Å². The first-order valence-electron chi connectivity index (χ1n) is 8.15. The van der Waals surface area contributed by atoms with E-state index in [4.69, 9.17) is 9.15 Å². The second-order valence-electron chi connectivity index (χ2n) is 6.09. The highest BCUT2D eigenvalue weighted by molar-refractivity contribution is 7.09. The van der Waals surface area contributed by atoms with Gasteiger partial charge >= 0.3 is 6.03 Å². The number of nitrogens with zero attached hydrogens (tertiary/aromatic N) is 2. The van der Waals surface area contributed by atoms with E-state index in [2.05, 4.69) is 10.3 Å². The molecule has 3 rings (SSSR count). The minimum atomic E-state index is -0.0990. The number of urea groups is 1. The summed E-state index contributed by atoms with van der Waals surface area (Å²) in [6.45, 7) is 5.10. The number of furan rings is 1. The number of methoxy groups -OCH3 is 1. The Labute approximate surface area is 145 Å². The fourth-order valence-corrected chi connectivity index (χ4v) is 3.80. The van der Waals surface area contributed by atoms with Crippen molar-refractivity contribution in [3.05, 3.63) is 39.7 Å². The van der Waals surface area contributed by atoms with Crippen LogP contribution in [0.2, 0.25) is 0 Å². The average Bonchev–Trinajstić information content (AvgIpc) is 3.26. The van der Waals surface area contributed by atoms with E-state index in [9.17, 15) is 4.79 Å². The SMILES string of the molecule is COCc1ccc([C@H]2CCCN2C(=O)N[C@@H](C)c2nc(C)cs2)o1. The number of amides is 2. The molecule has 1 aliphatic heterocycles. The second-order valence-corrected chi connectivity index (χ2v) is 6.98. The van der Waals surface area contributed by atoms with Crippen molar-refractivity contribution in [2.24, 2.45) is 0 Å². The molecular weight excluding hydrogens is 326 g/mol. The third-order valence-electron chi connectivity index (χ3n) is 4.16. The van der Waals surface area contributed by atoms with Crippen LogP contribution in [0.25, 0.3) is 0 Å². The Morgan fingerprint density at radius 1 is 1.58 bits per heavy atom. The summed E-state index contributed by atoms with van der Waals surface area (Å²) in [4.78, 5) is 19.0. The molecule has 0 unspecified atom stereocenters. The van der Waals surface area contributed by atoms with E-state index in [-0.39, 0.29) is 18.1 Å². The Morgan fingerprint density at radius 3 is 3.12 bits per heavy atom. The Morgan fingerprint density at radius 2 is 2.42 bits per heavy atom. The van der Waals surface area contributed by atoms with Gasteiger partial charge in [-0.15, -0.1) is 11.3 Å². The van der Waals surface area contributed by atoms with Crippen LogP contribution in [0.1, 0.15) is 54.1 Å². The van der Waals surface area contributed by atoms with Gasteiger partial charge in [-0.25, -0.2) is 9.78 Å². The maximum atomic E-state index is 12.7. The van der Waals surface area contributed by atoms with Crippen molar-refractivity contribution in [3.63, 3.8) is 0 Å².